The summed E-state index contributed by atoms with van der Waals surface area (Å²) in [5.41, 5.74) is 0.869. The molecule has 1 atom stereocenters. The zero-order valence-electron chi connectivity index (χ0n) is 15.5. The molecule has 1 aromatic carbocycles. The Labute approximate surface area is 159 Å². The number of hydrogen-bond donors (Lipinski definition) is 3. The van der Waals surface area contributed by atoms with Gasteiger partial charge in [0, 0.05) is 26.1 Å². The van der Waals surface area contributed by atoms with Crippen LogP contribution in [0.25, 0.3) is 0 Å². The van der Waals surface area contributed by atoms with E-state index in [-0.39, 0.29) is 10.9 Å². The second-order valence-electron chi connectivity index (χ2n) is 6.11. The summed E-state index contributed by atoms with van der Waals surface area (Å²) in [5.74, 6) is 1.53. The quantitative estimate of drug-likeness (QED) is 0.435. The summed E-state index contributed by atoms with van der Waals surface area (Å²) >= 11 is 0. The number of aliphatic imine (C=N–C) groups is 1. The Bertz CT molecular complexity index is 818. The Morgan fingerprint density at radius 1 is 1.30 bits per heavy atom. The van der Waals surface area contributed by atoms with Crippen LogP contribution in [0.15, 0.2) is 57.0 Å². The van der Waals surface area contributed by atoms with E-state index in [1.54, 1.807) is 25.5 Å². The van der Waals surface area contributed by atoms with Gasteiger partial charge >= 0.3 is 0 Å². The number of primary sulfonamides is 1. The zero-order chi connectivity index (χ0) is 19.7. The van der Waals surface area contributed by atoms with Gasteiger partial charge in [0.05, 0.1) is 24.3 Å². The number of nitrogens with zero attached hydrogens (tertiary/aromatic N) is 1. The second-order valence-corrected chi connectivity index (χ2v) is 7.67. The molecule has 0 bridgehead atoms. The van der Waals surface area contributed by atoms with Gasteiger partial charge in [-0.1, -0.05) is 12.1 Å². The highest BCUT2D eigenvalue weighted by Gasteiger charge is 2.08. The number of nitrogens with two attached hydrogens (primary N) is 1. The van der Waals surface area contributed by atoms with E-state index in [1.807, 2.05) is 19.1 Å². The lowest BCUT2D eigenvalue weighted by molar-refractivity contribution is 0.179. The third-order valence-electron chi connectivity index (χ3n) is 3.72. The van der Waals surface area contributed by atoms with E-state index in [4.69, 9.17) is 14.3 Å². The number of guanidine groups is 1. The standard InChI is InChI=1S/C18H26N4O4S/c1-14(13-25-2)22-18(20-10-9-16-4-3-11-26-16)21-12-15-5-7-17(8-6-15)27(19,23)24/h3-8,11,14H,9-10,12-13H2,1-2H3,(H2,19,23,24)(H2,20,21,22). The third-order valence-corrected chi connectivity index (χ3v) is 4.64. The molecular weight excluding hydrogens is 368 g/mol. The Morgan fingerprint density at radius 2 is 2.04 bits per heavy atom. The molecule has 0 saturated heterocycles. The van der Waals surface area contributed by atoms with E-state index in [0.29, 0.717) is 25.7 Å². The summed E-state index contributed by atoms with van der Waals surface area (Å²) in [6, 6.07) is 10.2. The van der Waals surface area contributed by atoms with Crippen molar-refractivity contribution in [2.24, 2.45) is 10.1 Å². The maximum absolute atomic E-state index is 11.3. The third kappa shape index (κ3) is 7.41. The van der Waals surface area contributed by atoms with Crippen LogP contribution < -0.4 is 15.8 Å². The molecule has 0 aliphatic rings. The number of ether oxygens (including phenoxy) is 1. The van der Waals surface area contributed by atoms with E-state index in [0.717, 1.165) is 17.7 Å². The largest absolute Gasteiger partial charge is 0.469 e. The molecule has 2 aromatic rings. The highest BCUT2D eigenvalue weighted by molar-refractivity contribution is 7.89. The molecule has 9 heteroatoms. The Hall–Kier alpha value is -2.36. The average Bonchev–Trinajstić information content (AvgIpc) is 3.13. The normalized spacial score (nSPS) is 13.4. The van der Waals surface area contributed by atoms with E-state index in [1.165, 1.54) is 12.1 Å². The zero-order valence-corrected chi connectivity index (χ0v) is 16.3. The van der Waals surface area contributed by atoms with E-state index in [9.17, 15) is 8.42 Å². The van der Waals surface area contributed by atoms with Crippen molar-refractivity contribution in [2.45, 2.75) is 30.8 Å². The lowest BCUT2D eigenvalue weighted by Crippen LogP contribution is -2.44. The van der Waals surface area contributed by atoms with Gasteiger partial charge in [-0.05, 0) is 36.8 Å². The van der Waals surface area contributed by atoms with Gasteiger partial charge in [0.15, 0.2) is 5.96 Å². The summed E-state index contributed by atoms with van der Waals surface area (Å²) in [7, 11) is -2.04. The summed E-state index contributed by atoms with van der Waals surface area (Å²) in [5, 5.41) is 11.6. The first-order chi connectivity index (χ1) is 12.9. The van der Waals surface area contributed by atoms with Crippen LogP contribution >= 0.6 is 0 Å². The SMILES string of the molecule is COCC(C)NC(=NCc1ccc(S(N)(=O)=O)cc1)NCCc1ccco1. The van der Waals surface area contributed by atoms with Crippen LogP contribution in [-0.4, -0.2) is 40.7 Å². The first kappa shape index (κ1) is 20.9. The molecule has 8 nitrogen and oxygen atoms in total. The predicted octanol–water partition coefficient (Wildman–Crippen LogP) is 1.24. The van der Waals surface area contributed by atoms with Gasteiger partial charge < -0.3 is 19.8 Å². The minimum Gasteiger partial charge on any atom is -0.469 e. The van der Waals surface area contributed by atoms with Gasteiger partial charge in [-0.2, -0.15) is 0 Å². The molecule has 0 spiro atoms. The van der Waals surface area contributed by atoms with Gasteiger partial charge in [-0.3, -0.25) is 0 Å². The number of methoxy groups -OCH3 is 1. The smallest absolute Gasteiger partial charge is 0.238 e. The van der Waals surface area contributed by atoms with E-state index < -0.39 is 10.0 Å². The monoisotopic (exact) mass is 394 g/mol. The van der Waals surface area contributed by atoms with Crippen molar-refractivity contribution in [1.82, 2.24) is 10.6 Å². The molecular formula is C18H26N4O4S. The average molecular weight is 394 g/mol. The number of nitrogens with one attached hydrogen (secondary N) is 2. The number of sulfonamides is 1. The fourth-order valence-electron chi connectivity index (χ4n) is 2.39. The molecule has 1 heterocycles. The summed E-state index contributed by atoms with van der Waals surface area (Å²) in [4.78, 5) is 4.64. The van der Waals surface area contributed by atoms with Crippen LogP contribution in [0.2, 0.25) is 0 Å². The first-order valence-electron chi connectivity index (χ1n) is 8.56. The van der Waals surface area contributed by atoms with Crippen LogP contribution in [0.4, 0.5) is 0 Å². The number of rotatable bonds is 9. The molecule has 4 N–H and O–H groups in total. The fraction of sp³-hybridized carbons (Fsp3) is 0.389. The van der Waals surface area contributed by atoms with Crippen molar-refractivity contribution in [3.8, 4) is 0 Å². The van der Waals surface area contributed by atoms with Crippen LogP contribution in [0.3, 0.4) is 0 Å². The molecule has 1 aromatic heterocycles. The van der Waals surface area contributed by atoms with Gasteiger partial charge in [0.25, 0.3) is 0 Å². The van der Waals surface area contributed by atoms with Crippen LogP contribution in [0, 0.1) is 0 Å². The molecule has 148 valence electrons. The van der Waals surface area contributed by atoms with Gasteiger partial charge in [-0.15, -0.1) is 0 Å². The Balaban J connectivity index is 1.99. The molecule has 0 radical (unpaired) electrons. The van der Waals surface area contributed by atoms with Crippen LogP contribution in [0.1, 0.15) is 18.2 Å². The van der Waals surface area contributed by atoms with E-state index >= 15 is 0 Å². The van der Waals surface area contributed by atoms with Crippen LogP contribution in [0.5, 0.6) is 0 Å². The molecule has 27 heavy (non-hydrogen) atoms. The summed E-state index contributed by atoms with van der Waals surface area (Å²) < 4.78 is 33.1. The van der Waals surface area contributed by atoms with Crippen molar-refractivity contribution in [1.29, 1.82) is 0 Å². The fourth-order valence-corrected chi connectivity index (χ4v) is 2.91. The van der Waals surface area contributed by atoms with Crippen molar-refractivity contribution >= 4 is 16.0 Å². The Kier molecular flexibility index (Phi) is 7.83. The number of furan rings is 1. The predicted molar refractivity (Wildman–Crippen MR) is 104 cm³/mol. The maximum atomic E-state index is 11.3. The molecule has 0 fully saturated rings. The van der Waals surface area contributed by atoms with Gasteiger partial charge in [0.2, 0.25) is 10.0 Å². The minimum atomic E-state index is -3.69. The van der Waals surface area contributed by atoms with Crippen molar-refractivity contribution in [3.05, 3.63) is 54.0 Å². The molecule has 2 rings (SSSR count). The summed E-state index contributed by atoms with van der Waals surface area (Å²) in [6.45, 7) is 3.58. The molecule has 0 aliphatic heterocycles. The lowest BCUT2D eigenvalue weighted by Gasteiger charge is -2.17. The molecule has 0 saturated carbocycles. The lowest BCUT2D eigenvalue weighted by atomic mass is 10.2. The maximum Gasteiger partial charge on any atom is 0.238 e. The highest BCUT2D eigenvalue weighted by Crippen LogP contribution is 2.09. The van der Waals surface area contributed by atoms with Crippen LogP contribution in [-0.2, 0) is 27.7 Å². The van der Waals surface area contributed by atoms with E-state index in [2.05, 4.69) is 15.6 Å². The summed E-state index contributed by atoms with van der Waals surface area (Å²) in [6.07, 6.45) is 2.38. The minimum absolute atomic E-state index is 0.0784. The van der Waals surface area contributed by atoms with Gasteiger partial charge in [-0.25, -0.2) is 18.5 Å². The van der Waals surface area contributed by atoms with Crippen molar-refractivity contribution in [2.75, 3.05) is 20.3 Å². The second kappa shape index (κ2) is 10.1. The molecule has 1 unspecified atom stereocenters. The number of hydrogen-bond acceptors (Lipinski definition) is 5. The molecule has 0 amide bonds. The van der Waals surface area contributed by atoms with Gasteiger partial charge in [0.1, 0.15) is 5.76 Å². The number of benzene rings is 1. The first-order valence-corrected chi connectivity index (χ1v) is 10.1. The highest BCUT2D eigenvalue weighted by atomic mass is 32.2. The topological polar surface area (TPSA) is 119 Å². The molecule has 0 aliphatic carbocycles. The van der Waals surface area contributed by atoms with Crippen molar-refractivity contribution in [3.63, 3.8) is 0 Å². The van der Waals surface area contributed by atoms with Crippen molar-refractivity contribution < 1.29 is 17.6 Å². The Morgan fingerprint density at radius 3 is 2.63 bits per heavy atom.